The first-order valence-corrected chi connectivity index (χ1v) is 7.29. The molecule has 0 radical (unpaired) electrons. The van der Waals surface area contributed by atoms with Crippen molar-refractivity contribution in [2.45, 2.75) is 6.42 Å². The largest absolute Gasteiger partial charge is 0.289 e. The lowest BCUT2D eigenvalue weighted by Crippen LogP contribution is -1.97. The van der Waals surface area contributed by atoms with Crippen LogP contribution in [0.15, 0.2) is 60.7 Å². The van der Waals surface area contributed by atoms with Gasteiger partial charge in [-0.3, -0.25) is 4.79 Å². The maximum absolute atomic E-state index is 12.4. The maximum Gasteiger partial charge on any atom is 0.189 e. The topological polar surface area (TPSA) is 17.1 Å². The third kappa shape index (κ3) is 2.67. The smallest absolute Gasteiger partial charge is 0.189 e. The summed E-state index contributed by atoms with van der Waals surface area (Å²) in [6.45, 7) is 3.88. The van der Waals surface area contributed by atoms with Crippen LogP contribution in [0.4, 0.5) is 0 Å². The average Bonchev–Trinajstić information content (AvgIpc) is 2.77. The SMILES string of the molecule is C=C1CC(c2ccc(Cl)cc2)=C(c2ccc(Cl)cc2)C1=O. The van der Waals surface area contributed by atoms with Gasteiger partial charge < -0.3 is 0 Å². The van der Waals surface area contributed by atoms with E-state index in [2.05, 4.69) is 6.58 Å². The second-order valence-electron chi connectivity index (χ2n) is 4.98. The van der Waals surface area contributed by atoms with Crippen molar-refractivity contribution in [3.8, 4) is 0 Å². The fraction of sp³-hybridized carbons (Fsp3) is 0.0556. The van der Waals surface area contributed by atoms with Crippen LogP contribution in [0.5, 0.6) is 0 Å². The van der Waals surface area contributed by atoms with Crippen LogP contribution < -0.4 is 0 Å². The summed E-state index contributed by atoms with van der Waals surface area (Å²) in [5.74, 6) is 0.00210. The zero-order valence-corrected chi connectivity index (χ0v) is 12.7. The molecule has 0 atom stereocenters. The van der Waals surface area contributed by atoms with Gasteiger partial charge in [0.2, 0.25) is 0 Å². The number of hydrogen-bond acceptors (Lipinski definition) is 1. The van der Waals surface area contributed by atoms with Gasteiger partial charge in [-0.15, -0.1) is 0 Å². The molecular weight excluding hydrogens is 303 g/mol. The number of rotatable bonds is 2. The van der Waals surface area contributed by atoms with Gasteiger partial charge >= 0.3 is 0 Å². The molecule has 2 aromatic carbocycles. The predicted octanol–water partition coefficient (Wildman–Crippen LogP) is 5.43. The van der Waals surface area contributed by atoms with Crippen LogP contribution in [-0.2, 0) is 4.79 Å². The summed E-state index contributed by atoms with van der Waals surface area (Å²) in [5.41, 5.74) is 4.18. The van der Waals surface area contributed by atoms with Gasteiger partial charge in [0.25, 0.3) is 0 Å². The molecule has 2 aromatic rings. The molecule has 0 unspecified atom stereocenters. The summed E-state index contributed by atoms with van der Waals surface area (Å²) in [7, 11) is 0. The molecule has 0 fully saturated rings. The molecule has 104 valence electrons. The number of allylic oxidation sites excluding steroid dienone is 3. The molecule has 0 saturated heterocycles. The molecule has 0 N–H and O–H groups in total. The van der Waals surface area contributed by atoms with E-state index in [0.29, 0.717) is 27.6 Å². The van der Waals surface area contributed by atoms with Gasteiger partial charge in [-0.2, -0.15) is 0 Å². The molecule has 3 rings (SSSR count). The molecule has 1 aliphatic carbocycles. The summed E-state index contributed by atoms with van der Waals surface area (Å²) >= 11 is 11.9. The summed E-state index contributed by atoms with van der Waals surface area (Å²) in [5, 5.41) is 1.33. The molecule has 0 aromatic heterocycles. The Labute approximate surface area is 133 Å². The normalized spacial score (nSPS) is 15.0. The second-order valence-corrected chi connectivity index (χ2v) is 5.85. The monoisotopic (exact) mass is 314 g/mol. The number of halogens is 2. The molecule has 0 saturated carbocycles. The molecule has 0 spiro atoms. The Morgan fingerprint density at radius 3 is 1.81 bits per heavy atom. The molecule has 0 heterocycles. The lowest BCUT2D eigenvalue weighted by atomic mass is 9.97. The van der Waals surface area contributed by atoms with Gasteiger partial charge in [0.05, 0.1) is 0 Å². The molecule has 0 aliphatic heterocycles. The molecule has 1 nitrogen and oxygen atoms in total. The van der Waals surface area contributed by atoms with E-state index < -0.39 is 0 Å². The van der Waals surface area contributed by atoms with E-state index in [1.54, 1.807) is 12.1 Å². The summed E-state index contributed by atoms with van der Waals surface area (Å²) in [6.07, 6.45) is 0.568. The molecule has 21 heavy (non-hydrogen) atoms. The van der Waals surface area contributed by atoms with E-state index in [4.69, 9.17) is 23.2 Å². The van der Waals surface area contributed by atoms with Crippen molar-refractivity contribution < 1.29 is 4.79 Å². The molecule has 0 amide bonds. The third-order valence-corrected chi connectivity index (χ3v) is 4.07. The van der Waals surface area contributed by atoms with Crippen molar-refractivity contribution in [1.82, 2.24) is 0 Å². The number of Topliss-reactive ketones (excluding diaryl/α,β-unsaturated/α-hetero) is 1. The van der Waals surface area contributed by atoms with Crippen LogP contribution in [0, 0.1) is 0 Å². The summed E-state index contributed by atoms with van der Waals surface area (Å²) in [6, 6.07) is 14.8. The van der Waals surface area contributed by atoms with E-state index in [-0.39, 0.29) is 5.78 Å². The Bertz CT molecular complexity index is 753. The van der Waals surface area contributed by atoms with Crippen molar-refractivity contribution in [2.24, 2.45) is 0 Å². The van der Waals surface area contributed by atoms with Crippen molar-refractivity contribution in [2.75, 3.05) is 0 Å². The maximum atomic E-state index is 12.4. The number of benzene rings is 2. The third-order valence-electron chi connectivity index (χ3n) is 3.57. The minimum atomic E-state index is 0.00210. The Morgan fingerprint density at radius 2 is 1.29 bits per heavy atom. The fourth-order valence-electron chi connectivity index (χ4n) is 2.52. The minimum absolute atomic E-state index is 0.00210. The van der Waals surface area contributed by atoms with Crippen LogP contribution in [0.3, 0.4) is 0 Å². The van der Waals surface area contributed by atoms with Gasteiger partial charge in [-0.05, 0) is 46.5 Å². The predicted molar refractivity (Wildman–Crippen MR) is 88.5 cm³/mol. The Kier molecular flexibility index (Phi) is 3.71. The second kappa shape index (κ2) is 5.51. The van der Waals surface area contributed by atoms with Gasteiger partial charge in [-0.1, -0.05) is 54.0 Å². The van der Waals surface area contributed by atoms with E-state index in [9.17, 15) is 4.79 Å². The average molecular weight is 315 g/mol. The first-order valence-electron chi connectivity index (χ1n) is 6.54. The highest BCUT2D eigenvalue weighted by Gasteiger charge is 2.28. The summed E-state index contributed by atoms with van der Waals surface area (Å²) in [4.78, 5) is 12.4. The van der Waals surface area contributed by atoms with Crippen molar-refractivity contribution in [3.05, 3.63) is 81.9 Å². The zero-order valence-electron chi connectivity index (χ0n) is 11.2. The molecule has 0 bridgehead atoms. The van der Waals surface area contributed by atoms with Gasteiger partial charge in [0.15, 0.2) is 5.78 Å². The van der Waals surface area contributed by atoms with E-state index in [0.717, 1.165) is 16.7 Å². The van der Waals surface area contributed by atoms with Crippen molar-refractivity contribution in [3.63, 3.8) is 0 Å². The first-order chi connectivity index (χ1) is 10.1. The van der Waals surface area contributed by atoms with Gasteiger partial charge in [0, 0.05) is 22.0 Å². The Morgan fingerprint density at radius 1 is 0.810 bits per heavy atom. The Balaban J connectivity index is 2.16. The van der Waals surface area contributed by atoms with E-state index >= 15 is 0 Å². The lowest BCUT2D eigenvalue weighted by Gasteiger charge is -2.07. The van der Waals surface area contributed by atoms with E-state index in [1.165, 1.54) is 0 Å². The minimum Gasteiger partial charge on any atom is -0.289 e. The van der Waals surface area contributed by atoms with Crippen LogP contribution in [0.1, 0.15) is 17.5 Å². The van der Waals surface area contributed by atoms with Crippen LogP contribution >= 0.6 is 23.2 Å². The highest BCUT2D eigenvalue weighted by atomic mass is 35.5. The number of hydrogen-bond donors (Lipinski definition) is 0. The van der Waals surface area contributed by atoms with Crippen molar-refractivity contribution in [1.29, 1.82) is 0 Å². The number of ketones is 1. The molecule has 3 heteroatoms. The standard InChI is InChI=1S/C18H12Cl2O/c1-11-10-16(12-2-6-14(19)7-3-12)17(18(11)21)13-4-8-15(20)9-5-13/h2-9H,1,10H2. The van der Waals surface area contributed by atoms with Crippen LogP contribution in [0.25, 0.3) is 11.1 Å². The zero-order chi connectivity index (χ0) is 15.0. The first kappa shape index (κ1) is 14.1. The number of carbonyl (C=O) groups is 1. The Hall–Kier alpha value is -1.83. The number of carbonyl (C=O) groups excluding carboxylic acids is 1. The molecular formula is C18H12Cl2O. The quantitative estimate of drug-likeness (QED) is 0.675. The van der Waals surface area contributed by atoms with Crippen LogP contribution in [-0.4, -0.2) is 5.78 Å². The highest BCUT2D eigenvalue weighted by molar-refractivity contribution is 6.38. The van der Waals surface area contributed by atoms with Gasteiger partial charge in [0.1, 0.15) is 0 Å². The van der Waals surface area contributed by atoms with E-state index in [1.807, 2.05) is 36.4 Å². The van der Waals surface area contributed by atoms with Gasteiger partial charge in [-0.25, -0.2) is 0 Å². The lowest BCUT2D eigenvalue weighted by molar-refractivity contribution is -0.110. The summed E-state index contributed by atoms with van der Waals surface area (Å²) < 4.78 is 0. The highest BCUT2D eigenvalue weighted by Crippen LogP contribution is 2.40. The fourth-order valence-corrected chi connectivity index (χ4v) is 2.77. The molecule has 1 aliphatic rings. The van der Waals surface area contributed by atoms with Crippen molar-refractivity contribution >= 4 is 40.1 Å². The van der Waals surface area contributed by atoms with Crippen LogP contribution in [0.2, 0.25) is 10.0 Å².